The Morgan fingerprint density at radius 1 is 1.41 bits per heavy atom. The summed E-state index contributed by atoms with van der Waals surface area (Å²) in [7, 11) is 1.60. The summed E-state index contributed by atoms with van der Waals surface area (Å²) in [6.45, 7) is 5.33. The first-order valence-electron chi connectivity index (χ1n) is 5.50. The van der Waals surface area contributed by atoms with Gasteiger partial charge in [0, 0.05) is 0 Å². The van der Waals surface area contributed by atoms with Crippen LogP contribution in [0.5, 0.6) is 17.2 Å². The highest BCUT2D eigenvalue weighted by molar-refractivity contribution is 5.51. The number of hydrogen-bond acceptors (Lipinski definition) is 4. The first-order valence-corrected chi connectivity index (χ1v) is 5.50. The van der Waals surface area contributed by atoms with Crippen molar-refractivity contribution in [1.82, 2.24) is 0 Å². The molecule has 1 aromatic carbocycles. The predicted octanol–water partition coefficient (Wildman–Crippen LogP) is 2.04. The molecule has 0 radical (unpaired) electrons. The summed E-state index contributed by atoms with van der Waals surface area (Å²) < 4.78 is 21.5. The SMILES string of the molecule is C=CCOc1cccc(OC)c1OC[C@@H]1CO1. The average Bonchev–Trinajstić information content (AvgIpc) is 3.18. The molecular weight excluding hydrogens is 220 g/mol. The van der Waals surface area contributed by atoms with Gasteiger partial charge in [-0.1, -0.05) is 18.7 Å². The molecule has 0 amide bonds. The van der Waals surface area contributed by atoms with Crippen molar-refractivity contribution < 1.29 is 18.9 Å². The van der Waals surface area contributed by atoms with Crippen LogP contribution in [0.3, 0.4) is 0 Å². The molecule has 0 aliphatic carbocycles. The number of ether oxygens (including phenoxy) is 4. The zero-order valence-corrected chi connectivity index (χ0v) is 9.85. The van der Waals surface area contributed by atoms with Crippen molar-refractivity contribution in [3.05, 3.63) is 30.9 Å². The summed E-state index contributed by atoms with van der Waals surface area (Å²) >= 11 is 0. The van der Waals surface area contributed by atoms with Gasteiger partial charge >= 0.3 is 0 Å². The number of hydrogen-bond donors (Lipinski definition) is 0. The van der Waals surface area contributed by atoms with Gasteiger partial charge in [0.25, 0.3) is 0 Å². The lowest BCUT2D eigenvalue weighted by atomic mass is 10.3. The first kappa shape index (κ1) is 11.8. The summed E-state index contributed by atoms with van der Waals surface area (Å²) in [4.78, 5) is 0. The fraction of sp³-hybridized carbons (Fsp3) is 0.385. The van der Waals surface area contributed by atoms with Crippen LogP contribution >= 0.6 is 0 Å². The molecule has 4 nitrogen and oxygen atoms in total. The van der Waals surface area contributed by atoms with E-state index >= 15 is 0 Å². The van der Waals surface area contributed by atoms with Gasteiger partial charge in [0.2, 0.25) is 5.75 Å². The van der Waals surface area contributed by atoms with Crippen LogP contribution in [0.25, 0.3) is 0 Å². The molecule has 0 bridgehead atoms. The van der Waals surface area contributed by atoms with Crippen molar-refractivity contribution >= 4 is 0 Å². The summed E-state index contributed by atoms with van der Waals surface area (Å²) in [6.07, 6.45) is 1.89. The predicted molar refractivity (Wildman–Crippen MR) is 63.9 cm³/mol. The summed E-state index contributed by atoms with van der Waals surface area (Å²) in [6, 6.07) is 5.54. The third-order valence-corrected chi connectivity index (χ3v) is 2.34. The van der Waals surface area contributed by atoms with E-state index in [-0.39, 0.29) is 6.10 Å². The van der Waals surface area contributed by atoms with E-state index in [1.165, 1.54) is 0 Å². The Bertz CT molecular complexity index is 385. The monoisotopic (exact) mass is 236 g/mol. The van der Waals surface area contributed by atoms with Gasteiger partial charge in [0.15, 0.2) is 11.5 Å². The van der Waals surface area contributed by atoms with Crippen LogP contribution in [-0.4, -0.2) is 33.0 Å². The first-order chi connectivity index (χ1) is 8.35. The Balaban J connectivity index is 2.12. The lowest BCUT2D eigenvalue weighted by molar-refractivity contribution is 0.237. The molecule has 1 saturated heterocycles. The smallest absolute Gasteiger partial charge is 0.203 e. The largest absolute Gasteiger partial charge is 0.493 e. The van der Waals surface area contributed by atoms with Gasteiger partial charge in [-0.25, -0.2) is 0 Å². The number of methoxy groups -OCH3 is 1. The van der Waals surface area contributed by atoms with E-state index in [1.54, 1.807) is 13.2 Å². The minimum Gasteiger partial charge on any atom is -0.493 e. The molecule has 2 rings (SSSR count). The third-order valence-electron chi connectivity index (χ3n) is 2.34. The average molecular weight is 236 g/mol. The molecule has 1 heterocycles. The summed E-state index contributed by atoms with van der Waals surface area (Å²) in [5.41, 5.74) is 0. The molecule has 4 heteroatoms. The molecular formula is C13H16O4. The van der Waals surface area contributed by atoms with Crippen LogP contribution in [0.4, 0.5) is 0 Å². The minimum absolute atomic E-state index is 0.201. The highest BCUT2D eigenvalue weighted by Gasteiger charge is 2.24. The van der Waals surface area contributed by atoms with Gasteiger partial charge in [0.05, 0.1) is 13.7 Å². The van der Waals surface area contributed by atoms with E-state index in [2.05, 4.69) is 6.58 Å². The van der Waals surface area contributed by atoms with Crippen LogP contribution < -0.4 is 14.2 Å². The van der Waals surface area contributed by atoms with Gasteiger partial charge in [-0.05, 0) is 12.1 Å². The molecule has 17 heavy (non-hydrogen) atoms. The molecule has 92 valence electrons. The van der Waals surface area contributed by atoms with Crippen molar-refractivity contribution in [2.24, 2.45) is 0 Å². The number of rotatable bonds is 7. The van der Waals surface area contributed by atoms with Gasteiger partial charge < -0.3 is 18.9 Å². The molecule has 1 aromatic rings. The van der Waals surface area contributed by atoms with E-state index < -0.39 is 0 Å². The molecule has 1 aliphatic rings. The Kier molecular flexibility index (Phi) is 3.88. The molecule has 1 aliphatic heterocycles. The maximum Gasteiger partial charge on any atom is 0.203 e. The standard InChI is InChI=1S/C13H16O4/c1-3-7-15-12-6-4-5-11(14-2)13(12)17-9-10-8-16-10/h3-6,10H,1,7-9H2,2H3/t10-/m0/s1. The molecule has 0 saturated carbocycles. The third kappa shape index (κ3) is 3.14. The van der Waals surface area contributed by atoms with Gasteiger partial charge in [-0.3, -0.25) is 0 Å². The number of benzene rings is 1. The molecule has 1 fully saturated rings. The van der Waals surface area contributed by atoms with Crippen molar-refractivity contribution in [3.63, 3.8) is 0 Å². The normalized spacial score (nSPS) is 17.4. The zero-order chi connectivity index (χ0) is 12.1. The van der Waals surface area contributed by atoms with Crippen LogP contribution in [0.1, 0.15) is 0 Å². The van der Waals surface area contributed by atoms with Crippen LogP contribution in [0.15, 0.2) is 30.9 Å². The minimum atomic E-state index is 0.201. The van der Waals surface area contributed by atoms with Crippen LogP contribution in [-0.2, 0) is 4.74 Å². The zero-order valence-electron chi connectivity index (χ0n) is 9.85. The van der Waals surface area contributed by atoms with Crippen molar-refractivity contribution in [2.75, 3.05) is 26.9 Å². The maximum absolute atomic E-state index is 5.67. The molecule has 0 spiro atoms. The molecule has 0 N–H and O–H groups in total. The second-order valence-electron chi connectivity index (χ2n) is 3.65. The molecule has 0 unspecified atom stereocenters. The van der Waals surface area contributed by atoms with Gasteiger partial charge in [-0.15, -0.1) is 0 Å². The Morgan fingerprint density at radius 3 is 2.82 bits per heavy atom. The van der Waals surface area contributed by atoms with E-state index in [4.69, 9.17) is 18.9 Å². The fourth-order valence-electron chi connectivity index (χ4n) is 1.40. The molecule has 1 atom stereocenters. The Labute approximate surface area is 101 Å². The lowest BCUT2D eigenvalue weighted by Gasteiger charge is -2.14. The second-order valence-corrected chi connectivity index (χ2v) is 3.65. The Hall–Kier alpha value is -1.68. The highest BCUT2D eigenvalue weighted by Crippen LogP contribution is 2.37. The van der Waals surface area contributed by atoms with E-state index in [0.29, 0.717) is 30.5 Å². The second kappa shape index (κ2) is 5.59. The lowest BCUT2D eigenvalue weighted by Crippen LogP contribution is -2.07. The van der Waals surface area contributed by atoms with E-state index in [1.807, 2.05) is 18.2 Å². The Morgan fingerprint density at radius 2 is 2.18 bits per heavy atom. The topological polar surface area (TPSA) is 40.2 Å². The number of para-hydroxylation sites is 1. The van der Waals surface area contributed by atoms with Crippen molar-refractivity contribution in [2.45, 2.75) is 6.10 Å². The van der Waals surface area contributed by atoms with E-state index in [0.717, 1.165) is 6.61 Å². The summed E-state index contributed by atoms with van der Waals surface area (Å²) in [5, 5.41) is 0. The maximum atomic E-state index is 5.67. The highest BCUT2D eigenvalue weighted by atomic mass is 16.6. The molecule has 0 aromatic heterocycles. The van der Waals surface area contributed by atoms with Crippen LogP contribution in [0.2, 0.25) is 0 Å². The van der Waals surface area contributed by atoms with Gasteiger partial charge in [-0.2, -0.15) is 0 Å². The number of epoxide rings is 1. The van der Waals surface area contributed by atoms with Crippen molar-refractivity contribution in [1.29, 1.82) is 0 Å². The quantitative estimate of drug-likeness (QED) is 0.536. The van der Waals surface area contributed by atoms with E-state index in [9.17, 15) is 0 Å². The van der Waals surface area contributed by atoms with Gasteiger partial charge in [0.1, 0.15) is 19.3 Å². The van der Waals surface area contributed by atoms with Crippen molar-refractivity contribution in [3.8, 4) is 17.2 Å². The van der Waals surface area contributed by atoms with Crippen LogP contribution in [0, 0.1) is 0 Å². The fourth-order valence-corrected chi connectivity index (χ4v) is 1.40. The summed E-state index contributed by atoms with van der Waals surface area (Å²) in [5.74, 6) is 1.93.